The number of carbonyl (C=O) groups excluding carboxylic acids is 3. The van der Waals surface area contributed by atoms with E-state index in [9.17, 15) is 14.4 Å². The number of esters is 1. The highest BCUT2D eigenvalue weighted by atomic mass is 16.6. The van der Waals surface area contributed by atoms with Gasteiger partial charge in [0.1, 0.15) is 18.2 Å². The highest BCUT2D eigenvalue weighted by molar-refractivity contribution is 5.89. The van der Waals surface area contributed by atoms with Crippen molar-refractivity contribution in [3.8, 4) is 0 Å². The highest BCUT2D eigenvalue weighted by Gasteiger charge is 2.41. The summed E-state index contributed by atoms with van der Waals surface area (Å²) >= 11 is 0. The number of methoxy groups -OCH3 is 1. The van der Waals surface area contributed by atoms with E-state index in [-0.39, 0.29) is 18.4 Å². The third kappa shape index (κ3) is 4.91. The molecule has 0 spiro atoms. The molecule has 0 aromatic heterocycles. The van der Waals surface area contributed by atoms with Crippen molar-refractivity contribution >= 4 is 18.0 Å². The topological polar surface area (TPSA) is 84.9 Å². The lowest BCUT2D eigenvalue weighted by molar-refractivity contribution is -0.141. The van der Waals surface area contributed by atoms with Crippen molar-refractivity contribution in [3.63, 3.8) is 0 Å². The fourth-order valence-corrected chi connectivity index (χ4v) is 2.21. The molecule has 0 aromatic carbocycles. The Balaban J connectivity index is 2.70. The fourth-order valence-electron chi connectivity index (χ4n) is 2.21. The summed E-state index contributed by atoms with van der Waals surface area (Å²) in [5.74, 6) is -0.885. The number of hydrogen-bond donors (Lipinski definition) is 1. The van der Waals surface area contributed by atoms with Gasteiger partial charge in [-0.1, -0.05) is 6.92 Å². The van der Waals surface area contributed by atoms with Gasteiger partial charge in [-0.05, 0) is 33.1 Å². The zero-order chi connectivity index (χ0) is 16.2. The SMILES string of the molecule is COC(=O)CNC(=O)[C@@H]1[C@@H](C)CCN1C(=O)OC(C)(C)C. The van der Waals surface area contributed by atoms with Crippen molar-refractivity contribution in [2.24, 2.45) is 5.92 Å². The van der Waals surface area contributed by atoms with E-state index >= 15 is 0 Å². The van der Waals surface area contributed by atoms with Crippen molar-refractivity contribution in [2.45, 2.75) is 45.8 Å². The first-order valence-corrected chi connectivity index (χ1v) is 7.00. The summed E-state index contributed by atoms with van der Waals surface area (Å²) in [6.07, 6.45) is 0.209. The first kappa shape index (κ1) is 17.3. The summed E-state index contributed by atoms with van der Waals surface area (Å²) in [5.41, 5.74) is -0.615. The standard InChI is InChI=1S/C14H24N2O5/c1-9-6-7-16(13(19)21-14(2,3)4)11(9)12(18)15-8-10(17)20-5/h9,11H,6-8H2,1-5H3,(H,15,18)/t9-,11-/m0/s1. The molecule has 7 nitrogen and oxygen atoms in total. The van der Waals surface area contributed by atoms with Gasteiger partial charge >= 0.3 is 12.1 Å². The Labute approximate surface area is 124 Å². The number of likely N-dealkylation sites (tertiary alicyclic amines) is 1. The molecule has 1 rings (SSSR count). The summed E-state index contributed by atoms with van der Waals surface area (Å²) in [5, 5.41) is 2.49. The van der Waals surface area contributed by atoms with Crippen LogP contribution in [0, 0.1) is 5.92 Å². The van der Waals surface area contributed by atoms with Gasteiger partial charge in [-0.25, -0.2) is 4.79 Å². The zero-order valence-corrected chi connectivity index (χ0v) is 13.3. The second-order valence-corrected chi connectivity index (χ2v) is 6.18. The van der Waals surface area contributed by atoms with Crippen LogP contribution in [0.1, 0.15) is 34.1 Å². The molecule has 1 fully saturated rings. The number of nitrogens with one attached hydrogen (secondary N) is 1. The fraction of sp³-hybridized carbons (Fsp3) is 0.786. The maximum Gasteiger partial charge on any atom is 0.410 e. The predicted octanol–water partition coefficient (Wildman–Crippen LogP) is 0.921. The van der Waals surface area contributed by atoms with E-state index in [1.807, 2.05) is 6.92 Å². The van der Waals surface area contributed by atoms with E-state index in [0.29, 0.717) is 6.54 Å². The second kappa shape index (κ2) is 6.78. The maximum atomic E-state index is 12.2. The van der Waals surface area contributed by atoms with Gasteiger partial charge in [-0.15, -0.1) is 0 Å². The summed E-state index contributed by atoms with van der Waals surface area (Å²) in [6, 6.07) is -0.621. The lowest BCUT2D eigenvalue weighted by Crippen LogP contribution is -2.50. The molecule has 0 aliphatic carbocycles. The molecular weight excluding hydrogens is 276 g/mol. The molecule has 120 valence electrons. The Morgan fingerprint density at radius 3 is 2.43 bits per heavy atom. The molecule has 0 aromatic rings. The zero-order valence-electron chi connectivity index (χ0n) is 13.3. The Kier molecular flexibility index (Phi) is 5.57. The van der Waals surface area contributed by atoms with E-state index in [4.69, 9.17) is 4.74 Å². The average molecular weight is 300 g/mol. The van der Waals surface area contributed by atoms with Gasteiger partial charge in [0.25, 0.3) is 0 Å². The van der Waals surface area contributed by atoms with E-state index < -0.39 is 23.7 Å². The van der Waals surface area contributed by atoms with Crippen LogP contribution < -0.4 is 5.32 Å². The van der Waals surface area contributed by atoms with Crippen LogP contribution in [0.5, 0.6) is 0 Å². The van der Waals surface area contributed by atoms with Crippen LogP contribution in [0.25, 0.3) is 0 Å². The smallest absolute Gasteiger partial charge is 0.410 e. The average Bonchev–Trinajstić information content (AvgIpc) is 2.75. The van der Waals surface area contributed by atoms with Crippen LogP contribution in [0.3, 0.4) is 0 Å². The number of carbonyl (C=O) groups is 3. The van der Waals surface area contributed by atoms with Crippen LogP contribution in [0.15, 0.2) is 0 Å². The molecule has 1 saturated heterocycles. The summed E-state index contributed by atoms with van der Waals surface area (Å²) in [7, 11) is 1.25. The van der Waals surface area contributed by atoms with Gasteiger partial charge < -0.3 is 14.8 Å². The predicted molar refractivity (Wildman–Crippen MR) is 75.5 cm³/mol. The molecule has 0 bridgehead atoms. The van der Waals surface area contributed by atoms with Gasteiger partial charge in [0.2, 0.25) is 5.91 Å². The van der Waals surface area contributed by atoms with Crippen molar-refractivity contribution in [3.05, 3.63) is 0 Å². The highest BCUT2D eigenvalue weighted by Crippen LogP contribution is 2.26. The quantitative estimate of drug-likeness (QED) is 0.783. The van der Waals surface area contributed by atoms with Crippen molar-refractivity contribution in [1.29, 1.82) is 0 Å². The van der Waals surface area contributed by atoms with Gasteiger partial charge in [-0.3, -0.25) is 14.5 Å². The molecule has 1 heterocycles. The van der Waals surface area contributed by atoms with Crippen LogP contribution in [0.4, 0.5) is 4.79 Å². The molecule has 0 saturated carbocycles. The first-order valence-electron chi connectivity index (χ1n) is 7.00. The Hall–Kier alpha value is -1.79. The number of hydrogen-bond acceptors (Lipinski definition) is 5. The minimum atomic E-state index is -0.621. The van der Waals surface area contributed by atoms with Crippen LogP contribution in [-0.4, -0.2) is 54.7 Å². The third-order valence-electron chi connectivity index (χ3n) is 3.23. The maximum absolute atomic E-state index is 12.2. The van der Waals surface area contributed by atoms with E-state index in [2.05, 4.69) is 10.1 Å². The van der Waals surface area contributed by atoms with E-state index in [1.165, 1.54) is 12.0 Å². The molecule has 1 aliphatic rings. The number of nitrogens with zero attached hydrogens (tertiary/aromatic N) is 1. The van der Waals surface area contributed by atoms with E-state index in [1.54, 1.807) is 20.8 Å². The molecule has 2 amide bonds. The Bertz CT molecular complexity index is 416. The largest absolute Gasteiger partial charge is 0.468 e. The molecule has 0 unspecified atom stereocenters. The lowest BCUT2D eigenvalue weighted by atomic mass is 10.0. The van der Waals surface area contributed by atoms with Gasteiger partial charge in [0.15, 0.2) is 0 Å². The monoisotopic (exact) mass is 300 g/mol. The Morgan fingerprint density at radius 1 is 1.29 bits per heavy atom. The normalized spacial score (nSPS) is 21.9. The van der Waals surface area contributed by atoms with Crippen molar-refractivity contribution in [2.75, 3.05) is 20.2 Å². The summed E-state index contributed by atoms with van der Waals surface area (Å²) in [4.78, 5) is 36.8. The number of ether oxygens (including phenoxy) is 2. The van der Waals surface area contributed by atoms with Crippen LogP contribution in [0.2, 0.25) is 0 Å². The minimum Gasteiger partial charge on any atom is -0.468 e. The number of amides is 2. The summed E-state index contributed by atoms with van der Waals surface area (Å²) < 4.78 is 9.78. The van der Waals surface area contributed by atoms with Crippen molar-refractivity contribution < 1.29 is 23.9 Å². The van der Waals surface area contributed by atoms with Crippen molar-refractivity contribution in [1.82, 2.24) is 10.2 Å². The third-order valence-corrected chi connectivity index (χ3v) is 3.23. The van der Waals surface area contributed by atoms with Crippen LogP contribution in [-0.2, 0) is 19.1 Å². The summed E-state index contributed by atoms with van der Waals surface area (Å²) in [6.45, 7) is 7.48. The van der Waals surface area contributed by atoms with E-state index in [0.717, 1.165) is 6.42 Å². The molecule has 1 aliphatic heterocycles. The number of rotatable bonds is 3. The molecule has 21 heavy (non-hydrogen) atoms. The minimum absolute atomic E-state index is 0.00941. The molecule has 0 radical (unpaired) electrons. The van der Waals surface area contributed by atoms with Gasteiger partial charge in [-0.2, -0.15) is 0 Å². The molecule has 1 N–H and O–H groups in total. The van der Waals surface area contributed by atoms with Gasteiger partial charge in [0.05, 0.1) is 7.11 Å². The second-order valence-electron chi connectivity index (χ2n) is 6.18. The Morgan fingerprint density at radius 2 is 1.90 bits per heavy atom. The van der Waals surface area contributed by atoms with Gasteiger partial charge in [0, 0.05) is 6.54 Å². The lowest BCUT2D eigenvalue weighted by Gasteiger charge is -2.29. The first-order chi connectivity index (χ1) is 9.65. The molecular formula is C14H24N2O5. The molecule has 2 atom stereocenters. The van der Waals surface area contributed by atoms with Crippen LogP contribution >= 0.6 is 0 Å². The molecule has 7 heteroatoms.